The van der Waals surface area contributed by atoms with Gasteiger partial charge in [-0.15, -0.1) is 10.2 Å². The van der Waals surface area contributed by atoms with Crippen molar-refractivity contribution >= 4 is 17.2 Å². The van der Waals surface area contributed by atoms with E-state index in [-0.39, 0.29) is 11.9 Å². The molecule has 200 valence electrons. The summed E-state index contributed by atoms with van der Waals surface area (Å²) in [7, 11) is 0. The molecule has 0 radical (unpaired) electrons. The summed E-state index contributed by atoms with van der Waals surface area (Å²) < 4.78 is 0. The molecule has 9 nitrogen and oxygen atoms in total. The topological polar surface area (TPSA) is 115 Å². The Morgan fingerprint density at radius 1 is 0.974 bits per heavy atom. The molecule has 0 amide bonds. The molecule has 2 aromatic heterocycles. The van der Waals surface area contributed by atoms with E-state index in [4.69, 9.17) is 5.73 Å². The van der Waals surface area contributed by atoms with E-state index < -0.39 is 0 Å². The molecule has 1 aliphatic carbocycles. The Labute approximate surface area is 228 Å². The number of piperidine rings is 1. The lowest BCUT2D eigenvalue weighted by Crippen LogP contribution is -2.54. The zero-order valence-corrected chi connectivity index (χ0v) is 21.8. The van der Waals surface area contributed by atoms with Crippen LogP contribution in [-0.4, -0.2) is 80.7 Å². The van der Waals surface area contributed by atoms with Crippen LogP contribution >= 0.6 is 0 Å². The molecule has 4 fully saturated rings. The molecule has 39 heavy (non-hydrogen) atoms. The number of aliphatic hydroxyl groups excluding tert-OH is 1. The zero-order valence-electron chi connectivity index (χ0n) is 21.8. The first kappa shape index (κ1) is 24.2. The minimum absolute atomic E-state index is 0.126. The van der Waals surface area contributed by atoms with E-state index in [9.17, 15) is 10.2 Å². The van der Waals surface area contributed by atoms with Crippen LogP contribution in [0.25, 0.3) is 11.3 Å². The fourth-order valence-electron chi connectivity index (χ4n) is 7.08. The van der Waals surface area contributed by atoms with E-state index in [2.05, 4.69) is 53.9 Å². The van der Waals surface area contributed by atoms with Gasteiger partial charge in [0.25, 0.3) is 0 Å². The van der Waals surface area contributed by atoms with Gasteiger partial charge in [0, 0.05) is 55.2 Å². The molecule has 3 saturated heterocycles. The van der Waals surface area contributed by atoms with Crippen molar-refractivity contribution in [2.75, 3.05) is 41.7 Å². The molecule has 5 heterocycles. The quantitative estimate of drug-likeness (QED) is 0.444. The number of pyridine rings is 1. The Bertz CT molecular complexity index is 1440. The van der Waals surface area contributed by atoms with Gasteiger partial charge in [0.15, 0.2) is 5.82 Å². The summed E-state index contributed by atoms with van der Waals surface area (Å²) in [6, 6.07) is 14.5. The molecule has 0 spiro atoms. The van der Waals surface area contributed by atoms with Crippen molar-refractivity contribution in [3.63, 3.8) is 0 Å². The maximum Gasteiger partial charge on any atom is 0.169 e. The fourth-order valence-corrected chi connectivity index (χ4v) is 7.08. The molecule has 2 unspecified atom stereocenters. The largest absolute Gasteiger partial charge is 0.507 e. The van der Waals surface area contributed by atoms with Crippen molar-refractivity contribution < 1.29 is 10.2 Å². The number of phenolic OH excluding ortho intramolecular Hbond substituents is 1. The summed E-state index contributed by atoms with van der Waals surface area (Å²) in [5.74, 6) is 7.62. The Balaban J connectivity index is 1.06. The Hall–Kier alpha value is -3.87. The molecule has 4 N–H and O–H groups in total. The molecule has 1 saturated carbocycles. The minimum Gasteiger partial charge on any atom is -0.507 e. The summed E-state index contributed by atoms with van der Waals surface area (Å²) in [5, 5.41) is 28.8. The first-order valence-electron chi connectivity index (χ1n) is 13.9. The first-order chi connectivity index (χ1) is 19.0. The number of rotatable bonds is 4. The molecular weight excluding hydrogens is 490 g/mol. The number of likely N-dealkylation sites (tertiary alicyclic amines) is 1. The summed E-state index contributed by atoms with van der Waals surface area (Å²) in [6.07, 6.45) is 5.94. The van der Waals surface area contributed by atoms with Crippen molar-refractivity contribution in [3.8, 4) is 28.8 Å². The van der Waals surface area contributed by atoms with Crippen molar-refractivity contribution in [2.24, 2.45) is 5.92 Å². The number of para-hydroxylation sites is 1. The molecule has 1 aromatic carbocycles. The highest BCUT2D eigenvalue weighted by Gasteiger charge is 2.43. The maximum absolute atomic E-state index is 10.3. The second-order valence-electron chi connectivity index (χ2n) is 11.3. The number of fused-ring (bicyclic) bond motifs is 4. The van der Waals surface area contributed by atoms with Gasteiger partial charge in [0.1, 0.15) is 11.4 Å². The van der Waals surface area contributed by atoms with Crippen LogP contribution in [-0.2, 0) is 0 Å². The number of nitrogens with zero attached hydrogens (tertiary/aromatic N) is 6. The van der Waals surface area contributed by atoms with Crippen LogP contribution in [0.15, 0.2) is 48.7 Å². The predicted octanol–water partition coefficient (Wildman–Crippen LogP) is 2.49. The average Bonchev–Trinajstić information content (AvgIpc) is 3.59. The zero-order chi connectivity index (χ0) is 26.5. The molecule has 3 aromatic rings. The lowest BCUT2D eigenvalue weighted by atomic mass is 10.1. The van der Waals surface area contributed by atoms with Crippen LogP contribution in [0.5, 0.6) is 5.75 Å². The summed E-state index contributed by atoms with van der Waals surface area (Å²) in [6.45, 7) is 3.35. The fraction of sp³-hybridized carbons (Fsp3) is 0.433. The molecule has 4 aliphatic rings. The predicted molar refractivity (Wildman–Crippen MR) is 150 cm³/mol. The normalized spacial score (nSPS) is 27.6. The van der Waals surface area contributed by atoms with E-state index in [1.807, 2.05) is 24.4 Å². The van der Waals surface area contributed by atoms with Gasteiger partial charge in [-0.3, -0.25) is 4.90 Å². The van der Waals surface area contributed by atoms with E-state index in [1.54, 1.807) is 12.1 Å². The SMILES string of the molecule is Nc1nnc(-c2ccccc2O)cc1N1CC2CCC(C1)N2c1ccnc(C#CCN2C[C@@H]3C[C@H]2C[C@H]3O)c1. The number of aromatic hydroxyl groups is 1. The highest BCUT2D eigenvalue weighted by Crippen LogP contribution is 2.39. The highest BCUT2D eigenvalue weighted by molar-refractivity contribution is 5.74. The lowest BCUT2D eigenvalue weighted by Gasteiger charge is -2.43. The number of anilines is 3. The van der Waals surface area contributed by atoms with Crippen LogP contribution in [0.4, 0.5) is 17.2 Å². The van der Waals surface area contributed by atoms with Gasteiger partial charge in [-0.05, 0) is 67.9 Å². The third kappa shape index (κ3) is 4.44. The van der Waals surface area contributed by atoms with Crippen molar-refractivity contribution in [1.29, 1.82) is 0 Å². The van der Waals surface area contributed by atoms with Crippen LogP contribution < -0.4 is 15.5 Å². The highest BCUT2D eigenvalue weighted by atomic mass is 16.3. The van der Waals surface area contributed by atoms with Crippen molar-refractivity contribution in [1.82, 2.24) is 20.1 Å². The number of phenols is 1. The number of hydrogen-bond acceptors (Lipinski definition) is 9. The van der Waals surface area contributed by atoms with Gasteiger partial charge in [-0.1, -0.05) is 18.1 Å². The van der Waals surface area contributed by atoms with E-state index in [0.29, 0.717) is 41.1 Å². The smallest absolute Gasteiger partial charge is 0.169 e. The molecular formula is C30H33N7O2. The molecule has 3 aliphatic heterocycles. The Morgan fingerprint density at radius 3 is 2.54 bits per heavy atom. The van der Waals surface area contributed by atoms with E-state index in [1.165, 1.54) is 5.69 Å². The minimum atomic E-state index is -0.126. The second kappa shape index (κ2) is 9.70. The van der Waals surface area contributed by atoms with Crippen LogP contribution in [0.2, 0.25) is 0 Å². The number of hydrogen-bond donors (Lipinski definition) is 3. The standard InChI is InChI=1S/C30H33N7O2/c31-30-27(15-26(33-34-30)25-5-1-2-6-28(25)38)36-17-22-7-8-23(18-36)37(22)21-9-10-32-20(13-21)4-3-11-35-16-19-12-24(35)14-29(19)39/h1-2,5-6,9-10,13,15,19,22-24,29,38-39H,7-8,11-12,14,16-18H2,(H2,31,34)/t19-,22?,23?,24-,29+/m0/s1. The molecule has 5 atom stereocenters. The molecule has 7 rings (SSSR count). The average molecular weight is 524 g/mol. The van der Waals surface area contributed by atoms with E-state index in [0.717, 1.165) is 63.2 Å². The number of benzene rings is 1. The second-order valence-corrected chi connectivity index (χ2v) is 11.3. The van der Waals surface area contributed by atoms with Gasteiger partial charge >= 0.3 is 0 Å². The van der Waals surface area contributed by atoms with Gasteiger partial charge in [-0.2, -0.15) is 0 Å². The Kier molecular flexibility index (Phi) is 6.02. The number of nitrogens with two attached hydrogens (primary N) is 1. The monoisotopic (exact) mass is 523 g/mol. The van der Waals surface area contributed by atoms with E-state index >= 15 is 0 Å². The lowest BCUT2D eigenvalue weighted by molar-refractivity contribution is 0.0799. The number of piperazine rings is 1. The third-order valence-electron chi connectivity index (χ3n) is 8.96. The maximum atomic E-state index is 10.3. The third-order valence-corrected chi connectivity index (χ3v) is 8.96. The number of aliphatic hydroxyl groups is 1. The van der Waals surface area contributed by atoms with Gasteiger partial charge < -0.3 is 25.7 Å². The van der Waals surface area contributed by atoms with Crippen molar-refractivity contribution in [3.05, 3.63) is 54.4 Å². The number of aromatic nitrogens is 3. The van der Waals surface area contributed by atoms with Crippen LogP contribution in [0.3, 0.4) is 0 Å². The van der Waals surface area contributed by atoms with Gasteiger partial charge in [-0.25, -0.2) is 4.98 Å². The molecule has 4 bridgehead atoms. The number of nitrogen functional groups attached to an aromatic ring is 1. The summed E-state index contributed by atoms with van der Waals surface area (Å²) >= 11 is 0. The summed E-state index contributed by atoms with van der Waals surface area (Å²) in [5.41, 5.74) is 10.4. The van der Waals surface area contributed by atoms with Crippen LogP contribution in [0, 0.1) is 17.8 Å². The van der Waals surface area contributed by atoms with Crippen LogP contribution in [0.1, 0.15) is 31.4 Å². The summed E-state index contributed by atoms with van der Waals surface area (Å²) in [4.78, 5) is 11.8. The van der Waals surface area contributed by atoms with Gasteiger partial charge in [0.05, 0.1) is 24.0 Å². The Morgan fingerprint density at radius 2 is 1.79 bits per heavy atom. The first-order valence-corrected chi connectivity index (χ1v) is 13.9. The van der Waals surface area contributed by atoms with Gasteiger partial charge in [0.2, 0.25) is 0 Å². The van der Waals surface area contributed by atoms with Crippen molar-refractivity contribution in [2.45, 2.75) is 49.9 Å². The molecule has 9 heteroatoms.